The molecule has 0 fully saturated rings. The minimum atomic E-state index is -0.317. The van der Waals surface area contributed by atoms with Crippen molar-refractivity contribution in [3.05, 3.63) is 90.0 Å². The molecule has 8 nitrogen and oxygen atoms in total. The zero-order valence-corrected chi connectivity index (χ0v) is 18.3. The fraction of sp³-hybridized carbons (Fsp3) is 0.200. The molecular weight excluding hydrogens is 418 g/mol. The molecule has 0 aliphatic heterocycles. The Morgan fingerprint density at radius 1 is 0.939 bits per heavy atom. The number of aromatic nitrogens is 4. The van der Waals surface area contributed by atoms with E-state index in [1.54, 1.807) is 36.4 Å². The number of nitrogens with zero attached hydrogens (tertiary/aromatic N) is 4. The minimum absolute atomic E-state index is 0.317. The summed E-state index contributed by atoms with van der Waals surface area (Å²) in [5.74, 6) is 0.779. The van der Waals surface area contributed by atoms with Gasteiger partial charge >= 0.3 is 0 Å². The maximum atomic E-state index is 13.1. The van der Waals surface area contributed by atoms with Crippen LogP contribution >= 0.6 is 0 Å². The third kappa shape index (κ3) is 5.61. The quantitative estimate of drug-likeness (QED) is 0.287. The molecule has 0 aliphatic carbocycles. The molecule has 0 saturated carbocycles. The van der Waals surface area contributed by atoms with Gasteiger partial charge < -0.3 is 4.74 Å². The molecule has 4 rings (SSSR count). The molecule has 0 saturated heterocycles. The number of H-pyrrole nitrogens is 1. The van der Waals surface area contributed by atoms with Gasteiger partial charge in [-0.25, -0.2) is 0 Å². The number of para-hydroxylation sites is 1. The number of amides is 1. The molecule has 3 aromatic carbocycles. The molecule has 1 aromatic heterocycles. The molecule has 4 aromatic rings. The molecular formula is C25H25N5O3. The molecule has 1 amide bonds. The number of carbonyl (C=O) groups is 1. The van der Waals surface area contributed by atoms with E-state index in [1.165, 1.54) is 17.7 Å². The molecule has 0 bridgehead atoms. The number of tetrazole rings is 1. The van der Waals surface area contributed by atoms with Crippen molar-refractivity contribution in [2.45, 2.75) is 19.3 Å². The minimum Gasteiger partial charge on any atom is -0.494 e. The fourth-order valence-electron chi connectivity index (χ4n) is 3.48. The van der Waals surface area contributed by atoms with Gasteiger partial charge in [0.25, 0.3) is 5.91 Å². The first kappa shape index (κ1) is 22.2. The van der Waals surface area contributed by atoms with Crippen molar-refractivity contribution in [1.82, 2.24) is 20.6 Å². The summed E-state index contributed by atoms with van der Waals surface area (Å²) in [6, 6.07) is 24.7. The standard InChI is InChI=1S/C25H25N5O3/c1-32-30(23-13-6-5-12-22(23)24-26-28-29-27-24)25(31)20-14-16-21(17-15-20)33-18-8-7-11-19-9-3-2-4-10-19/h2-6,9-10,12-17H,7-8,11,18H2,1H3,(H,26,27,28,29). The summed E-state index contributed by atoms with van der Waals surface area (Å²) in [4.78, 5) is 18.6. The monoisotopic (exact) mass is 443 g/mol. The summed E-state index contributed by atoms with van der Waals surface area (Å²) in [5.41, 5.74) is 2.95. The Morgan fingerprint density at radius 3 is 2.42 bits per heavy atom. The average molecular weight is 444 g/mol. The molecule has 0 unspecified atom stereocenters. The van der Waals surface area contributed by atoms with Crippen molar-refractivity contribution >= 4 is 11.6 Å². The zero-order chi connectivity index (χ0) is 22.9. The summed E-state index contributed by atoms with van der Waals surface area (Å²) in [6.07, 6.45) is 3.05. The first-order chi connectivity index (χ1) is 16.3. The van der Waals surface area contributed by atoms with Gasteiger partial charge in [-0.05, 0) is 66.4 Å². The molecule has 0 spiro atoms. The number of hydrogen-bond donors (Lipinski definition) is 1. The van der Waals surface area contributed by atoms with Crippen molar-refractivity contribution in [3.63, 3.8) is 0 Å². The van der Waals surface area contributed by atoms with Crippen LogP contribution in [-0.4, -0.2) is 40.2 Å². The molecule has 33 heavy (non-hydrogen) atoms. The molecule has 0 atom stereocenters. The summed E-state index contributed by atoms with van der Waals surface area (Å²) < 4.78 is 5.84. The van der Waals surface area contributed by atoms with Crippen LogP contribution in [0.1, 0.15) is 28.8 Å². The van der Waals surface area contributed by atoms with Gasteiger partial charge in [-0.1, -0.05) is 42.5 Å². The number of aryl methyl sites for hydroxylation is 1. The van der Waals surface area contributed by atoms with Gasteiger partial charge in [0, 0.05) is 11.1 Å². The van der Waals surface area contributed by atoms with Gasteiger partial charge in [0.15, 0.2) is 0 Å². The van der Waals surface area contributed by atoms with E-state index in [4.69, 9.17) is 9.57 Å². The van der Waals surface area contributed by atoms with Crippen molar-refractivity contribution in [2.75, 3.05) is 18.8 Å². The van der Waals surface area contributed by atoms with E-state index >= 15 is 0 Å². The SMILES string of the molecule is CON(C(=O)c1ccc(OCCCCc2ccccc2)cc1)c1ccccc1-c1nn[nH]n1. The highest BCUT2D eigenvalue weighted by atomic mass is 16.7. The number of nitrogens with one attached hydrogen (secondary N) is 1. The third-order valence-corrected chi connectivity index (χ3v) is 5.15. The highest BCUT2D eigenvalue weighted by Crippen LogP contribution is 2.29. The number of carbonyl (C=O) groups excluding carboxylic acids is 1. The second kappa shape index (κ2) is 11.0. The van der Waals surface area contributed by atoms with Gasteiger partial charge in [0.2, 0.25) is 5.82 Å². The van der Waals surface area contributed by atoms with Crippen molar-refractivity contribution in [1.29, 1.82) is 0 Å². The van der Waals surface area contributed by atoms with Crippen molar-refractivity contribution < 1.29 is 14.4 Å². The normalized spacial score (nSPS) is 10.7. The van der Waals surface area contributed by atoms with Gasteiger partial charge in [-0.2, -0.15) is 10.3 Å². The van der Waals surface area contributed by atoms with Crippen LogP contribution in [0.3, 0.4) is 0 Å². The molecule has 1 heterocycles. The Morgan fingerprint density at radius 2 is 1.70 bits per heavy atom. The van der Waals surface area contributed by atoms with E-state index in [2.05, 4.69) is 44.9 Å². The summed E-state index contributed by atoms with van der Waals surface area (Å²) >= 11 is 0. The van der Waals surface area contributed by atoms with Crippen LogP contribution in [0.15, 0.2) is 78.9 Å². The van der Waals surface area contributed by atoms with Crippen LogP contribution in [-0.2, 0) is 11.3 Å². The average Bonchev–Trinajstić information content (AvgIpc) is 3.40. The largest absolute Gasteiger partial charge is 0.494 e. The lowest BCUT2D eigenvalue weighted by molar-refractivity contribution is 0.0774. The van der Waals surface area contributed by atoms with Crippen LogP contribution in [0.25, 0.3) is 11.4 Å². The van der Waals surface area contributed by atoms with Gasteiger partial charge in [-0.3, -0.25) is 9.63 Å². The highest BCUT2D eigenvalue weighted by Gasteiger charge is 2.22. The van der Waals surface area contributed by atoms with Crippen molar-refractivity contribution in [3.8, 4) is 17.1 Å². The van der Waals surface area contributed by atoms with Gasteiger partial charge in [0.05, 0.1) is 19.4 Å². The number of rotatable bonds is 10. The van der Waals surface area contributed by atoms with E-state index in [-0.39, 0.29) is 5.91 Å². The van der Waals surface area contributed by atoms with E-state index in [9.17, 15) is 4.79 Å². The lowest BCUT2D eigenvalue weighted by Crippen LogP contribution is -2.30. The van der Waals surface area contributed by atoms with Crippen molar-refractivity contribution in [2.24, 2.45) is 0 Å². The first-order valence-corrected chi connectivity index (χ1v) is 10.7. The lowest BCUT2D eigenvalue weighted by atomic mass is 10.1. The van der Waals surface area contributed by atoms with Crippen LogP contribution < -0.4 is 9.80 Å². The molecule has 8 heteroatoms. The smallest absolute Gasteiger partial charge is 0.282 e. The lowest BCUT2D eigenvalue weighted by Gasteiger charge is -2.21. The van der Waals surface area contributed by atoms with Gasteiger partial charge in [-0.15, -0.1) is 10.2 Å². The van der Waals surface area contributed by atoms with E-state index < -0.39 is 0 Å². The maximum absolute atomic E-state index is 13.1. The number of anilines is 1. The first-order valence-electron chi connectivity index (χ1n) is 10.7. The predicted molar refractivity (Wildman–Crippen MR) is 125 cm³/mol. The Kier molecular flexibility index (Phi) is 7.40. The fourth-order valence-corrected chi connectivity index (χ4v) is 3.48. The summed E-state index contributed by atoms with van der Waals surface area (Å²) in [7, 11) is 1.44. The Labute approximate surface area is 192 Å². The number of hydroxylamine groups is 1. The summed E-state index contributed by atoms with van der Waals surface area (Å²) in [6.45, 7) is 0.627. The topological polar surface area (TPSA) is 93.2 Å². The van der Waals surface area contributed by atoms with Crippen LogP contribution in [0, 0.1) is 0 Å². The van der Waals surface area contributed by atoms with E-state index in [0.29, 0.717) is 29.2 Å². The second-order valence-electron chi connectivity index (χ2n) is 7.35. The molecule has 1 N–H and O–H groups in total. The zero-order valence-electron chi connectivity index (χ0n) is 18.3. The van der Waals surface area contributed by atoms with Crippen LogP contribution in [0.2, 0.25) is 0 Å². The summed E-state index contributed by atoms with van der Waals surface area (Å²) in [5, 5.41) is 15.2. The number of aromatic amines is 1. The van der Waals surface area contributed by atoms with E-state index in [0.717, 1.165) is 25.0 Å². The number of ether oxygens (including phenoxy) is 1. The molecule has 168 valence electrons. The Balaban J connectivity index is 1.36. The van der Waals surface area contributed by atoms with E-state index in [1.807, 2.05) is 18.2 Å². The maximum Gasteiger partial charge on any atom is 0.282 e. The molecule has 0 aliphatic rings. The third-order valence-electron chi connectivity index (χ3n) is 5.15. The van der Waals surface area contributed by atoms with Crippen LogP contribution in [0.4, 0.5) is 5.69 Å². The second-order valence-corrected chi connectivity index (χ2v) is 7.35. The van der Waals surface area contributed by atoms with Gasteiger partial charge in [0.1, 0.15) is 5.75 Å². The predicted octanol–water partition coefficient (Wildman–Crippen LogP) is 4.48. The number of hydrogen-bond acceptors (Lipinski definition) is 6. The Bertz CT molecular complexity index is 1150. The number of benzene rings is 3. The molecule has 0 radical (unpaired) electrons. The van der Waals surface area contributed by atoms with Crippen LogP contribution in [0.5, 0.6) is 5.75 Å². The number of unbranched alkanes of at least 4 members (excludes halogenated alkanes) is 1. The highest BCUT2D eigenvalue weighted by molar-refractivity contribution is 6.06. The Hall–Kier alpha value is -4.04.